The predicted octanol–water partition coefficient (Wildman–Crippen LogP) is 1.60. The number of piperidine rings is 1. The molecule has 1 aliphatic heterocycles. The zero-order valence-corrected chi connectivity index (χ0v) is 20.0. The minimum Gasteiger partial charge on any atom is -0.341 e. The van der Waals surface area contributed by atoms with Crippen molar-refractivity contribution in [2.24, 2.45) is 12.8 Å². The molecule has 0 spiro atoms. The number of nitrogens with two attached hydrogens (primary N) is 1. The molecule has 2 N–H and O–H groups in total. The molecule has 0 saturated carbocycles. The van der Waals surface area contributed by atoms with Crippen molar-refractivity contribution in [3.63, 3.8) is 0 Å². The van der Waals surface area contributed by atoms with Gasteiger partial charge in [0, 0.05) is 39.1 Å². The maximum atomic E-state index is 13.6. The van der Waals surface area contributed by atoms with Crippen LogP contribution in [0.25, 0.3) is 11.2 Å². The van der Waals surface area contributed by atoms with Gasteiger partial charge in [0.05, 0.1) is 6.54 Å². The second-order valence-electron chi connectivity index (χ2n) is 9.26. The fraction of sp³-hybridized carbons (Fsp3) is 0.440. The normalized spacial score (nSPS) is 16.1. The number of allylic oxidation sites excluding steroid dienone is 2. The van der Waals surface area contributed by atoms with E-state index in [0.717, 1.165) is 35.1 Å². The van der Waals surface area contributed by atoms with Gasteiger partial charge in [0.15, 0.2) is 16.9 Å². The van der Waals surface area contributed by atoms with Crippen molar-refractivity contribution in [3.05, 3.63) is 68.4 Å². The summed E-state index contributed by atoms with van der Waals surface area (Å²) >= 11 is 0. The highest BCUT2D eigenvalue weighted by molar-refractivity contribution is 5.81. The summed E-state index contributed by atoms with van der Waals surface area (Å²) < 4.78 is 4.24. The van der Waals surface area contributed by atoms with E-state index in [-0.39, 0.29) is 24.8 Å². The molecule has 1 atom stereocenters. The van der Waals surface area contributed by atoms with Crippen LogP contribution in [0.3, 0.4) is 0 Å². The third-order valence-electron chi connectivity index (χ3n) is 6.21. The highest BCUT2D eigenvalue weighted by Gasteiger charge is 2.26. The molecule has 4 rings (SSSR count). The first-order valence-corrected chi connectivity index (χ1v) is 11.7. The van der Waals surface area contributed by atoms with E-state index in [1.165, 1.54) is 4.57 Å². The van der Waals surface area contributed by atoms with Gasteiger partial charge in [0.2, 0.25) is 5.95 Å². The molecule has 0 amide bonds. The monoisotopic (exact) mass is 464 g/mol. The van der Waals surface area contributed by atoms with Crippen LogP contribution in [0.1, 0.15) is 32.3 Å². The van der Waals surface area contributed by atoms with Crippen LogP contribution < -0.4 is 21.9 Å². The van der Waals surface area contributed by atoms with E-state index in [1.54, 1.807) is 7.05 Å². The van der Waals surface area contributed by atoms with Crippen LogP contribution >= 0.6 is 0 Å². The molecule has 1 saturated heterocycles. The molecule has 9 nitrogen and oxygen atoms in total. The van der Waals surface area contributed by atoms with Gasteiger partial charge in [-0.15, -0.1) is 0 Å². The first kappa shape index (κ1) is 23.7. The van der Waals surface area contributed by atoms with Gasteiger partial charge < -0.3 is 15.2 Å². The number of aryl methyl sites for hydroxylation is 1. The van der Waals surface area contributed by atoms with E-state index >= 15 is 0 Å². The van der Waals surface area contributed by atoms with Gasteiger partial charge in [-0.2, -0.15) is 4.98 Å². The summed E-state index contributed by atoms with van der Waals surface area (Å²) in [6, 6.07) is 9.33. The molecule has 0 bridgehead atoms. The van der Waals surface area contributed by atoms with Gasteiger partial charge in [-0.1, -0.05) is 42.0 Å². The highest BCUT2D eigenvalue weighted by Crippen LogP contribution is 2.23. The number of rotatable bonds is 7. The van der Waals surface area contributed by atoms with Crippen molar-refractivity contribution >= 4 is 22.9 Å². The number of hydrogen-bond donors (Lipinski definition) is 1. The lowest BCUT2D eigenvalue weighted by Gasteiger charge is -2.31. The summed E-state index contributed by atoms with van der Waals surface area (Å²) in [5.41, 5.74) is 7.74. The number of carbonyl (C=O) groups excluding carboxylic acids is 1. The molecule has 180 valence electrons. The lowest BCUT2D eigenvalue weighted by Crippen LogP contribution is -2.44. The van der Waals surface area contributed by atoms with E-state index in [9.17, 15) is 14.4 Å². The van der Waals surface area contributed by atoms with E-state index < -0.39 is 11.2 Å². The number of carbonyl (C=O) groups is 1. The Balaban J connectivity index is 1.81. The summed E-state index contributed by atoms with van der Waals surface area (Å²) in [5.74, 6) is 0.422. The summed E-state index contributed by atoms with van der Waals surface area (Å²) in [6.45, 7) is 5.55. The van der Waals surface area contributed by atoms with Crippen molar-refractivity contribution in [1.82, 2.24) is 18.7 Å². The van der Waals surface area contributed by atoms with E-state index in [1.807, 2.05) is 54.8 Å². The van der Waals surface area contributed by atoms with Crippen LogP contribution in [0, 0.1) is 0 Å². The molecule has 34 heavy (non-hydrogen) atoms. The third-order valence-corrected chi connectivity index (χ3v) is 6.21. The van der Waals surface area contributed by atoms with Gasteiger partial charge in [0.25, 0.3) is 5.56 Å². The number of imidazole rings is 1. The Kier molecular flexibility index (Phi) is 6.83. The quantitative estimate of drug-likeness (QED) is 0.532. The van der Waals surface area contributed by atoms with Crippen molar-refractivity contribution in [3.8, 4) is 0 Å². The number of hydrogen-bond acceptors (Lipinski definition) is 6. The molecule has 9 heteroatoms. The maximum absolute atomic E-state index is 13.6. The number of aromatic nitrogens is 4. The van der Waals surface area contributed by atoms with Gasteiger partial charge in [-0.3, -0.25) is 18.7 Å². The molecule has 0 radical (unpaired) electrons. The average Bonchev–Trinajstić information content (AvgIpc) is 3.19. The second kappa shape index (κ2) is 9.80. The Morgan fingerprint density at radius 2 is 1.91 bits per heavy atom. The second-order valence-corrected chi connectivity index (χ2v) is 9.26. The molecule has 2 aromatic heterocycles. The summed E-state index contributed by atoms with van der Waals surface area (Å²) in [7, 11) is 1.59. The molecule has 1 fully saturated rings. The number of ketones is 1. The van der Waals surface area contributed by atoms with Crippen LogP contribution in [0.5, 0.6) is 0 Å². The Morgan fingerprint density at radius 1 is 1.18 bits per heavy atom. The van der Waals surface area contributed by atoms with Gasteiger partial charge in [0.1, 0.15) is 0 Å². The molecule has 1 aliphatic rings. The van der Waals surface area contributed by atoms with Gasteiger partial charge >= 0.3 is 5.69 Å². The predicted molar refractivity (Wildman–Crippen MR) is 133 cm³/mol. The van der Waals surface area contributed by atoms with Crippen LogP contribution in [0.2, 0.25) is 0 Å². The van der Waals surface area contributed by atoms with Crippen molar-refractivity contribution in [1.29, 1.82) is 0 Å². The topological polar surface area (TPSA) is 108 Å². The van der Waals surface area contributed by atoms with Crippen LogP contribution in [0.4, 0.5) is 5.95 Å². The number of nitrogens with zero attached hydrogens (tertiary/aromatic N) is 5. The fourth-order valence-electron chi connectivity index (χ4n) is 4.44. The number of Topliss-reactive ketones (excluding diaryl/α,β-unsaturated/α-hetero) is 1. The Labute approximate surface area is 198 Å². The summed E-state index contributed by atoms with van der Waals surface area (Å²) in [4.78, 5) is 46.2. The van der Waals surface area contributed by atoms with E-state index in [0.29, 0.717) is 30.2 Å². The fourth-order valence-corrected chi connectivity index (χ4v) is 4.44. The Morgan fingerprint density at radius 3 is 2.59 bits per heavy atom. The summed E-state index contributed by atoms with van der Waals surface area (Å²) in [6.07, 6.45) is 4.05. The molecular formula is C25H32N6O3. The standard InChI is InChI=1S/C25H32N6O3/c1-17(2)11-13-30-21-22(27-24(30)29-12-7-10-19(26)15-29)28(3)25(34)31(23(21)33)16-20(32)14-18-8-5-4-6-9-18/h4-6,8-9,11,19H,7,10,12-16,26H2,1-3H3. The minimum absolute atomic E-state index is 0.0292. The third kappa shape index (κ3) is 4.75. The molecule has 3 heterocycles. The molecule has 1 aromatic carbocycles. The smallest absolute Gasteiger partial charge is 0.332 e. The number of benzene rings is 1. The largest absolute Gasteiger partial charge is 0.341 e. The number of fused-ring (bicyclic) bond motifs is 1. The highest BCUT2D eigenvalue weighted by atomic mass is 16.2. The zero-order chi connectivity index (χ0) is 24.4. The average molecular weight is 465 g/mol. The SMILES string of the molecule is CC(C)=CCn1c(N2CCCC(N)C2)nc2c1c(=O)n(CC(=O)Cc1ccccc1)c(=O)n2C. The van der Waals surface area contributed by atoms with E-state index in [4.69, 9.17) is 10.7 Å². The molecule has 0 aliphatic carbocycles. The maximum Gasteiger partial charge on any atom is 0.332 e. The summed E-state index contributed by atoms with van der Waals surface area (Å²) in [5, 5.41) is 0. The Hall–Kier alpha value is -3.46. The minimum atomic E-state index is -0.548. The lowest BCUT2D eigenvalue weighted by atomic mass is 10.1. The number of anilines is 1. The molecule has 3 aromatic rings. The van der Waals surface area contributed by atoms with Crippen molar-refractivity contribution in [2.45, 2.75) is 52.2 Å². The zero-order valence-electron chi connectivity index (χ0n) is 20.0. The first-order valence-electron chi connectivity index (χ1n) is 11.7. The Bertz CT molecular complexity index is 1340. The van der Waals surface area contributed by atoms with Crippen molar-refractivity contribution < 1.29 is 4.79 Å². The van der Waals surface area contributed by atoms with Crippen LogP contribution in [-0.2, 0) is 31.4 Å². The van der Waals surface area contributed by atoms with E-state index in [2.05, 4.69) is 4.90 Å². The first-order chi connectivity index (χ1) is 16.3. The molecule has 1 unspecified atom stereocenters. The van der Waals surface area contributed by atoms with Crippen LogP contribution in [0.15, 0.2) is 51.6 Å². The molecular weight excluding hydrogens is 432 g/mol. The van der Waals surface area contributed by atoms with Crippen LogP contribution in [-0.4, -0.2) is 43.6 Å². The van der Waals surface area contributed by atoms with Gasteiger partial charge in [-0.25, -0.2) is 4.79 Å². The van der Waals surface area contributed by atoms with Gasteiger partial charge in [-0.05, 0) is 32.3 Å². The lowest BCUT2D eigenvalue weighted by molar-refractivity contribution is -0.119. The van der Waals surface area contributed by atoms with Crippen molar-refractivity contribution in [2.75, 3.05) is 18.0 Å².